The van der Waals surface area contributed by atoms with Crippen molar-refractivity contribution in [2.45, 2.75) is 45.6 Å². The lowest BCUT2D eigenvalue weighted by molar-refractivity contribution is 0.443. The molecule has 0 bridgehead atoms. The van der Waals surface area contributed by atoms with Gasteiger partial charge in [0.25, 0.3) is 0 Å². The number of nitrogens with one attached hydrogen (secondary N) is 1. The van der Waals surface area contributed by atoms with Crippen LogP contribution in [0.25, 0.3) is 0 Å². The number of halogens is 2. The van der Waals surface area contributed by atoms with E-state index < -0.39 is 0 Å². The standard InChI is InChI=1S/C18H22Cl2N4/c1-3-13-7-4-5-10-24(13)18-21-12(2)11-16(23-18)22-17-14(19)8-6-9-15(17)20/h6,8-9,11,13H,3-5,7,10H2,1-2H3,(H,21,22,23). The first kappa shape index (κ1) is 17.3. The van der Waals surface area contributed by atoms with Crippen LogP contribution in [0.15, 0.2) is 24.3 Å². The minimum Gasteiger partial charge on any atom is -0.338 e. The van der Waals surface area contributed by atoms with Gasteiger partial charge < -0.3 is 10.2 Å². The molecule has 3 rings (SSSR count). The lowest BCUT2D eigenvalue weighted by Crippen LogP contribution is -2.40. The van der Waals surface area contributed by atoms with Crippen LogP contribution in [0.2, 0.25) is 10.0 Å². The van der Waals surface area contributed by atoms with Crippen molar-refractivity contribution in [2.24, 2.45) is 0 Å². The lowest BCUT2D eigenvalue weighted by Gasteiger charge is -2.35. The Balaban J connectivity index is 1.91. The van der Waals surface area contributed by atoms with Crippen LogP contribution >= 0.6 is 23.2 Å². The molecule has 1 fully saturated rings. The quantitative estimate of drug-likeness (QED) is 0.765. The summed E-state index contributed by atoms with van der Waals surface area (Å²) >= 11 is 12.5. The van der Waals surface area contributed by atoms with Crippen LogP contribution in [0.5, 0.6) is 0 Å². The van der Waals surface area contributed by atoms with Gasteiger partial charge in [0.1, 0.15) is 5.82 Å². The van der Waals surface area contributed by atoms with E-state index in [2.05, 4.69) is 22.1 Å². The van der Waals surface area contributed by atoms with Crippen LogP contribution in [0.4, 0.5) is 17.5 Å². The van der Waals surface area contributed by atoms with Crippen molar-refractivity contribution in [3.63, 3.8) is 0 Å². The zero-order chi connectivity index (χ0) is 17.1. The zero-order valence-corrected chi connectivity index (χ0v) is 15.5. The first-order valence-electron chi connectivity index (χ1n) is 8.42. The second-order valence-electron chi connectivity index (χ2n) is 6.17. The molecule has 2 heterocycles. The highest BCUT2D eigenvalue weighted by molar-refractivity contribution is 6.39. The van der Waals surface area contributed by atoms with Gasteiger partial charge in [-0.25, -0.2) is 4.98 Å². The molecule has 4 nitrogen and oxygen atoms in total. The number of hydrogen-bond donors (Lipinski definition) is 1. The zero-order valence-electron chi connectivity index (χ0n) is 14.0. The van der Waals surface area contributed by atoms with Gasteiger partial charge in [0.2, 0.25) is 5.95 Å². The van der Waals surface area contributed by atoms with E-state index in [1.165, 1.54) is 19.3 Å². The van der Waals surface area contributed by atoms with E-state index in [1.807, 2.05) is 31.2 Å². The smallest absolute Gasteiger partial charge is 0.227 e. The van der Waals surface area contributed by atoms with Crippen molar-refractivity contribution >= 4 is 40.7 Å². The van der Waals surface area contributed by atoms with Gasteiger partial charge in [-0.1, -0.05) is 36.2 Å². The van der Waals surface area contributed by atoms with Crippen LogP contribution in [0.3, 0.4) is 0 Å². The van der Waals surface area contributed by atoms with Crippen molar-refractivity contribution in [1.82, 2.24) is 9.97 Å². The number of aryl methyl sites for hydroxylation is 1. The van der Waals surface area contributed by atoms with Gasteiger partial charge in [-0.05, 0) is 44.7 Å². The maximum Gasteiger partial charge on any atom is 0.227 e. The number of benzene rings is 1. The largest absolute Gasteiger partial charge is 0.338 e. The van der Waals surface area contributed by atoms with E-state index in [4.69, 9.17) is 28.2 Å². The monoisotopic (exact) mass is 364 g/mol. The summed E-state index contributed by atoms with van der Waals surface area (Å²) in [6.45, 7) is 5.21. The highest BCUT2D eigenvalue weighted by atomic mass is 35.5. The number of rotatable bonds is 4. The van der Waals surface area contributed by atoms with E-state index >= 15 is 0 Å². The Hall–Kier alpha value is -1.52. The van der Waals surface area contributed by atoms with Gasteiger partial charge in [-0.15, -0.1) is 0 Å². The first-order chi connectivity index (χ1) is 11.6. The topological polar surface area (TPSA) is 41.1 Å². The first-order valence-corrected chi connectivity index (χ1v) is 9.17. The number of para-hydroxylation sites is 1. The Morgan fingerprint density at radius 3 is 2.67 bits per heavy atom. The second-order valence-corrected chi connectivity index (χ2v) is 6.98. The third-order valence-corrected chi connectivity index (χ3v) is 5.04. The molecule has 24 heavy (non-hydrogen) atoms. The van der Waals surface area contributed by atoms with Crippen molar-refractivity contribution < 1.29 is 0 Å². The molecule has 0 spiro atoms. The number of hydrogen-bond acceptors (Lipinski definition) is 4. The summed E-state index contributed by atoms with van der Waals surface area (Å²) in [6.07, 6.45) is 4.78. The van der Waals surface area contributed by atoms with Crippen molar-refractivity contribution in [3.05, 3.63) is 40.0 Å². The maximum absolute atomic E-state index is 6.25. The minimum atomic E-state index is 0.511. The third kappa shape index (κ3) is 3.76. The average Bonchev–Trinajstić information content (AvgIpc) is 2.58. The summed E-state index contributed by atoms with van der Waals surface area (Å²) < 4.78 is 0. The molecule has 1 aromatic heterocycles. The fourth-order valence-corrected chi connectivity index (χ4v) is 3.67. The Bertz CT molecular complexity index is 700. The van der Waals surface area contributed by atoms with Gasteiger partial charge in [-0.3, -0.25) is 0 Å². The summed E-state index contributed by atoms with van der Waals surface area (Å²) in [5.41, 5.74) is 1.60. The van der Waals surface area contributed by atoms with E-state index in [-0.39, 0.29) is 0 Å². The highest BCUT2D eigenvalue weighted by Gasteiger charge is 2.23. The van der Waals surface area contributed by atoms with Gasteiger partial charge in [0.05, 0.1) is 15.7 Å². The Morgan fingerprint density at radius 2 is 1.96 bits per heavy atom. The molecule has 0 saturated carbocycles. The Labute approximate surface area is 153 Å². The number of nitrogens with zero attached hydrogens (tertiary/aromatic N) is 3. The molecular formula is C18H22Cl2N4. The van der Waals surface area contributed by atoms with E-state index in [0.29, 0.717) is 27.6 Å². The van der Waals surface area contributed by atoms with Crippen molar-refractivity contribution in [2.75, 3.05) is 16.8 Å². The minimum absolute atomic E-state index is 0.511. The van der Waals surface area contributed by atoms with Gasteiger partial charge in [0, 0.05) is 24.3 Å². The molecular weight excluding hydrogens is 343 g/mol. The molecule has 1 aliphatic rings. The summed E-state index contributed by atoms with van der Waals surface area (Å²) in [6, 6.07) is 7.86. The summed E-state index contributed by atoms with van der Waals surface area (Å²) in [5, 5.41) is 4.40. The predicted molar refractivity (Wildman–Crippen MR) is 102 cm³/mol. The molecule has 128 valence electrons. The van der Waals surface area contributed by atoms with E-state index in [9.17, 15) is 0 Å². The van der Waals surface area contributed by atoms with Crippen molar-refractivity contribution in [3.8, 4) is 0 Å². The van der Waals surface area contributed by atoms with Crippen molar-refractivity contribution in [1.29, 1.82) is 0 Å². The fourth-order valence-electron chi connectivity index (χ4n) is 3.18. The third-order valence-electron chi connectivity index (χ3n) is 4.41. The second kappa shape index (κ2) is 7.58. The Kier molecular flexibility index (Phi) is 5.47. The summed E-state index contributed by atoms with van der Waals surface area (Å²) in [4.78, 5) is 11.7. The molecule has 0 radical (unpaired) electrons. The SMILES string of the molecule is CCC1CCCCN1c1nc(C)cc(Nc2c(Cl)cccc2Cl)n1. The molecule has 1 aliphatic heterocycles. The van der Waals surface area contributed by atoms with Crippen LogP contribution in [0, 0.1) is 6.92 Å². The average molecular weight is 365 g/mol. The van der Waals surface area contributed by atoms with Crippen LogP contribution in [0.1, 0.15) is 38.3 Å². The number of aromatic nitrogens is 2. The maximum atomic E-state index is 6.25. The van der Waals surface area contributed by atoms with Gasteiger partial charge in [-0.2, -0.15) is 4.98 Å². The van der Waals surface area contributed by atoms with Crippen LogP contribution in [-0.4, -0.2) is 22.6 Å². The molecule has 1 unspecified atom stereocenters. The van der Waals surface area contributed by atoms with Crippen LogP contribution < -0.4 is 10.2 Å². The lowest BCUT2D eigenvalue weighted by atomic mass is 10.0. The molecule has 1 N–H and O–H groups in total. The number of anilines is 3. The van der Waals surface area contributed by atoms with Gasteiger partial charge >= 0.3 is 0 Å². The highest BCUT2D eigenvalue weighted by Crippen LogP contribution is 2.33. The van der Waals surface area contributed by atoms with E-state index in [0.717, 1.165) is 24.6 Å². The molecule has 1 saturated heterocycles. The fraction of sp³-hybridized carbons (Fsp3) is 0.444. The van der Waals surface area contributed by atoms with E-state index in [1.54, 1.807) is 0 Å². The molecule has 1 aromatic carbocycles. The number of piperidine rings is 1. The molecule has 0 aliphatic carbocycles. The Morgan fingerprint density at radius 1 is 1.21 bits per heavy atom. The molecule has 1 atom stereocenters. The molecule has 2 aromatic rings. The van der Waals surface area contributed by atoms with Crippen LogP contribution in [-0.2, 0) is 0 Å². The molecule has 6 heteroatoms. The summed E-state index contributed by atoms with van der Waals surface area (Å²) in [7, 11) is 0. The summed E-state index contributed by atoms with van der Waals surface area (Å²) in [5.74, 6) is 1.50. The predicted octanol–water partition coefficient (Wildman–Crippen LogP) is 5.60. The molecule has 0 amide bonds. The van der Waals surface area contributed by atoms with Gasteiger partial charge in [0.15, 0.2) is 0 Å². The normalized spacial score (nSPS) is 17.8.